The number of nitrogens with one attached hydrogen (secondary N) is 3. The lowest BCUT2D eigenvalue weighted by molar-refractivity contribution is -0.117. The lowest BCUT2D eigenvalue weighted by atomic mass is 10.3. The maximum Gasteiger partial charge on any atom is 0.321 e. The zero-order chi connectivity index (χ0) is 15.1. The van der Waals surface area contributed by atoms with Crippen LogP contribution in [0, 0.1) is 0 Å². The van der Waals surface area contributed by atoms with Gasteiger partial charge < -0.3 is 10.6 Å². The summed E-state index contributed by atoms with van der Waals surface area (Å²) in [6.07, 6.45) is 0. The molecule has 7 nitrogen and oxygen atoms in total. The first-order valence-electron chi connectivity index (χ1n) is 5.97. The van der Waals surface area contributed by atoms with Crippen molar-refractivity contribution in [1.82, 2.24) is 20.8 Å². The average molecular weight is 323 g/mol. The minimum Gasteiger partial charge on any atom is -0.341 e. The number of rotatable bonds is 5. The van der Waals surface area contributed by atoms with Crippen LogP contribution >= 0.6 is 23.1 Å². The maximum atomic E-state index is 11.4. The van der Waals surface area contributed by atoms with Gasteiger partial charge in [0, 0.05) is 12.7 Å². The lowest BCUT2D eigenvalue weighted by Gasteiger charge is -2.01. The number of thioether (sulfide) groups is 1. The van der Waals surface area contributed by atoms with E-state index < -0.39 is 6.03 Å². The third-order valence-electron chi connectivity index (χ3n) is 2.24. The van der Waals surface area contributed by atoms with E-state index in [0.717, 1.165) is 5.69 Å². The Labute approximate surface area is 129 Å². The Hall–Kier alpha value is -2.13. The van der Waals surface area contributed by atoms with Crippen molar-refractivity contribution in [1.29, 1.82) is 0 Å². The molecule has 1 aromatic carbocycles. The number of aromatic nitrogens is 2. The van der Waals surface area contributed by atoms with E-state index in [2.05, 4.69) is 26.1 Å². The first-order valence-corrected chi connectivity index (χ1v) is 7.77. The van der Waals surface area contributed by atoms with Crippen molar-refractivity contribution < 1.29 is 9.59 Å². The average Bonchev–Trinajstić information content (AvgIpc) is 2.93. The topological polar surface area (TPSA) is 96.0 Å². The first-order chi connectivity index (χ1) is 10.2. The van der Waals surface area contributed by atoms with Gasteiger partial charge in [-0.1, -0.05) is 41.3 Å². The number of carbonyl (C=O) groups is 2. The maximum absolute atomic E-state index is 11.4. The molecule has 0 aliphatic rings. The van der Waals surface area contributed by atoms with Crippen LogP contribution in [0.25, 0.3) is 0 Å². The van der Waals surface area contributed by atoms with Crippen molar-refractivity contribution in [2.24, 2.45) is 0 Å². The Morgan fingerprint density at radius 3 is 2.71 bits per heavy atom. The van der Waals surface area contributed by atoms with Crippen LogP contribution in [0.15, 0.2) is 34.7 Å². The van der Waals surface area contributed by atoms with Gasteiger partial charge in [-0.05, 0) is 12.1 Å². The second-order valence-electron chi connectivity index (χ2n) is 3.78. The Balaban J connectivity index is 1.83. The Kier molecular flexibility index (Phi) is 5.52. The SMILES string of the molecule is CNC(=O)NC(=O)CSc1nnc(Nc2ccccc2)s1. The molecular weight excluding hydrogens is 310 g/mol. The summed E-state index contributed by atoms with van der Waals surface area (Å²) in [4.78, 5) is 22.4. The molecule has 110 valence electrons. The summed E-state index contributed by atoms with van der Waals surface area (Å²) in [5, 5.41) is 16.2. The predicted molar refractivity (Wildman–Crippen MR) is 83.0 cm³/mol. The van der Waals surface area contributed by atoms with Crippen LogP contribution in [0.4, 0.5) is 15.6 Å². The Morgan fingerprint density at radius 2 is 2.00 bits per heavy atom. The number of benzene rings is 1. The number of urea groups is 1. The third-order valence-corrected chi connectivity index (χ3v) is 4.21. The normalized spacial score (nSPS) is 9.95. The molecule has 1 heterocycles. The molecule has 0 saturated carbocycles. The van der Waals surface area contributed by atoms with E-state index in [-0.39, 0.29) is 11.7 Å². The monoisotopic (exact) mass is 323 g/mol. The molecule has 2 aromatic rings. The summed E-state index contributed by atoms with van der Waals surface area (Å²) in [6.45, 7) is 0. The van der Waals surface area contributed by atoms with Gasteiger partial charge in [-0.2, -0.15) is 0 Å². The molecule has 0 fully saturated rings. The van der Waals surface area contributed by atoms with Crippen LogP contribution in [0.2, 0.25) is 0 Å². The highest BCUT2D eigenvalue weighted by molar-refractivity contribution is 8.01. The molecule has 0 aliphatic carbocycles. The molecule has 9 heteroatoms. The molecule has 21 heavy (non-hydrogen) atoms. The number of hydrogen-bond acceptors (Lipinski definition) is 7. The molecule has 3 N–H and O–H groups in total. The summed E-state index contributed by atoms with van der Waals surface area (Å²) in [6, 6.07) is 9.09. The van der Waals surface area contributed by atoms with E-state index in [1.165, 1.54) is 30.1 Å². The van der Waals surface area contributed by atoms with Crippen molar-refractivity contribution >= 4 is 45.9 Å². The molecule has 0 aliphatic heterocycles. The van der Waals surface area contributed by atoms with Gasteiger partial charge in [0.25, 0.3) is 0 Å². The van der Waals surface area contributed by atoms with E-state index in [1.807, 2.05) is 30.3 Å². The van der Waals surface area contributed by atoms with Gasteiger partial charge in [-0.25, -0.2) is 4.79 Å². The molecule has 0 atom stereocenters. The largest absolute Gasteiger partial charge is 0.341 e. The number of amides is 3. The van der Waals surface area contributed by atoms with E-state index in [9.17, 15) is 9.59 Å². The summed E-state index contributed by atoms with van der Waals surface area (Å²) in [7, 11) is 1.45. The molecule has 0 saturated heterocycles. The number of anilines is 2. The van der Waals surface area contributed by atoms with Crippen molar-refractivity contribution in [2.45, 2.75) is 4.34 Å². The van der Waals surface area contributed by atoms with Crippen molar-refractivity contribution in [3.05, 3.63) is 30.3 Å². The number of nitrogens with zero attached hydrogens (tertiary/aromatic N) is 2. The number of para-hydroxylation sites is 1. The van der Waals surface area contributed by atoms with Crippen LogP contribution in [-0.2, 0) is 4.79 Å². The van der Waals surface area contributed by atoms with Crippen LogP contribution in [0.5, 0.6) is 0 Å². The molecule has 2 rings (SSSR count). The van der Waals surface area contributed by atoms with Crippen molar-refractivity contribution in [3.63, 3.8) is 0 Å². The van der Waals surface area contributed by atoms with Gasteiger partial charge in [0.05, 0.1) is 5.75 Å². The third kappa shape index (κ3) is 5.04. The molecule has 3 amide bonds. The van der Waals surface area contributed by atoms with E-state index in [1.54, 1.807) is 0 Å². The molecule has 0 radical (unpaired) electrons. The second kappa shape index (κ2) is 7.60. The first kappa shape index (κ1) is 15.3. The zero-order valence-electron chi connectivity index (χ0n) is 11.1. The van der Waals surface area contributed by atoms with Gasteiger partial charge in [-0.3, -0.25) is 10.1 Å². The molecule has 0 spiro atoms. The van der Waals surface area contributed by atoms with Gasteiger partial charge in [-0.15, -0.1) is 10.2 Å². The van der Waals surface area contributed by atoms with E-state index in [0.29, 0.717) is 9.47 Å². The zero-order valence-corrected chi connectivity index (χ0v) is 12.8. The van der Waals surface area contributed by atoms with Crippen LogP contribution in [-0.4, -0.2) is 34.9 Å². The summed E-state index contributed by atoms with van der Waals surface area (Å²) < 4.78 is 0.653. The van der Waals surface area contributed by atoms with Crippen molar-refractivity contribution in [3.8, 4) is 0 Å². The van der Waals surface area contributed by atoms with Gasteiger partial charge in [0.2, 0.25) is 11.0 Å². The number of imide groups is 1. The molecule has 0 unspecified atom stereocenters. The Bertz CT molecular complexity index is 617. The van der Waals surface area contributed by atoms with E-state index in [4.69, 9.17) is 0 Å². The summed E-state index contributed by atoms with van der Waals surface area (Å²) in [5.74, 6) is -0.278. The number of carbonyl (C=O) groups excluding carboxylic acids is 2. The molecular formula is C12H13N5O2S2. The highest BCUT2D eigenvalue weighted by Crippen LogP contribution is 2.27. The van der Waals surface area contributed by atoms with Crippen molar-refractivity contribution in [2.75, 3.05) is 18.1 Å². The molecule has 1 aromatic heterocycles. The van der Waals surface area contributed by atoms with Crippen LogP contribution < -0.4 is 16.0 Å². The highest BCUT2D eigenvalue weighted by Gasteiger charge is 2.10. The van der Waals surface area contributed by atoms with Crippen LogP contribution in [0.3, 0.4) is 0 Å². The van der Waals surface area contributed by atoms with Gasteiger partial charge >= 0.3 is 6.03 Å². The molecule has 0 bridgehead atoms. The fourth-order valence-electron chi connectivity index (χ4n) is 1.32. The lowest BCUT2D eigenvalue weighted by Crippen LogP contribution is -2.38. The standard InChI is InChI=1S/C12H13N5O2S2/c1-13-10(19)15-9(18)7-20-12-17-16-11(21-12)14-8-5-3-2-4-6-8/h2-6H,7H2,1H3,(H,14,16)(H2,13,15,18,19). The smallest absolute Gasteiger partial charge is 0.321 e. The van der Waals surface area contributed by atoms with Gasteiger partial charge in [0.1, 0.15) is 0 Å². The Morgan fingerprint density at radius 1 is 1.24 bits per heavy atom. The minimum absolute atomic E-state index is 0.105. The minimum atomic E-state index is -0.524. The predicted octanol–water partition coefficient (Wildman–Crippen LogP) is 1.83. The van der Waals surface area contributed by atoms with Crippen LogP contribution in [0.1, 0.15) is 0 Å². The summed E-state index contributed by atoms with van der Waals surface area (Å²) >= 11 is 2.57. The highest BCUT2D eigenvalue weighted by atomic mass is 32.2. The van der Waals surface area contributed by atoms with Gasteiger partial charge in [0.15, 0.2) is 4.34 Å². The van der Waals surface area contributed by atoms with E-state index >= 15 is 0 Å². The fourth-order valence-corrected chi connectivity index (χ4v) is 2.89. The fraction of sp³-hybridized carbons (Fsp3) is 0.167. The summed E-state index contributed by atoms with van der Waals surface area (Å²) in [5.41, 5.74) is 0.919. The second-order valence-corrected chi connectivity index (χ2v) is 5.98. The quantitative estimate of drug-likeness (QED) is 0.727. The number of hydrogen-bond donors (Lipinski definition) is 3.